The van der Waals surface area contributed by atoms with Gasteiger partial charge < -0.3 is 15.2 Å². The van der Waals surface area contributed by atoms with Crippen molar-refractivity contribution in [2.24, 2.45) is 5.73 Å². The molecule has 0 aromatic carbocycles. The van der Waals surface area contributed by atoms with Crippen molar-refractivity contribution in [1.82, 2.24) is 9.47 Å². The summed E-state index contributed by atoms with van der Waals surface area (Å²) in [5, 5.41) is 0. The maximum atomic E-state index is 12.6. The quantitative estimate of drug-likeness (QED) is 0.927. The minimum absolute atomic E-state index is 0.105. The second kappa shape index (κ2) is 6.09. The Balaban J connectivity index is 2.10. The van der Waals surface area contributed by atoms with Gasteiger partial charge in [0.15, 0.2) is 0 Å². The molecular weight excluding hydrogens is 306 g/mol. The van der Waals surface area contributed by atoms with Crippen LogP contribution in [0.3, 0.4) is 0 Å². The number of carbonyl (C=O) groups is 1. The van der Waals surface area contributed by atoms with E-state index in [1.165, 1.54) is 0 Å². The van der Waals surface area contributed by atoms with Gasteiger partial charge in [-0.15, -0.1) is 0 Å². The Morgan fingerprint density at radius 1 is 1.47 bits per heavy atom. The molecule has 0 spiro atoms. The van der Waals surface area contributed by atoms with E-state index >= 15 is 0 Å². The lowest BCUT2D eigenvalue weighted by atomic mass is 9.91. The van der Waals surface area contributed by atoms with Crippen LogP contribution in [-0.2, 0) is 6.54 Å². The average Bonchev–Trinajstić information content (AvgIpc) is 2.79. The van der Waals surface area contributed by atoms with Crippen LogP contribution in [0.1, 0.15) is 43.1 Å². The fourth-order valence-corrected chi connectivity index (χ4v) is 3.21. The molecule has 0 aliphatic heterocycles. The monoisotopic (exact) mass is 327 g/mol. The maximum absolute atomic E-state index is 12.6. The predicted molar refractivity (Wildman–Crippen MR) is 80.1 cm³/mol. The van der Waals surface area contributed by atoms with Gasteiger partial charge in [-0.25, -0.2) is 0 Å². The van der Waals surface area contributed by atoms with E-state index in [4.69, 9.17) is 5.73 Å². The number of hydrogen-bond donors (Lipinski definition) is 1. The maximum Gasteiger partial charge on any atom is 0.270 e. The van der Waals surface area contributed by atoms with Crippen LogP contribution in [0.4, 0.5) is 0 Å². The number of rotatable bonds is 3. The summed E-state index contributed by atoms with van der Waals surface area (Å²) in [7, 11) is 1.91. The molecule has 19 heavy (non-hydrogen) atoms. The highest BCUT2D eigenvalue weighted by molar-refractivity contribution is 9.10. The van der Waals surface area contributed by atoms with E-state index in [-0.39, 0.29) is 5.91 Å². The summed E-state index contributed by atoms with van der Waals surface area (Å²) < 4.78 is 2.94. The highest BCUT2D eigenvalue weighted by atomic mass is 79.9. The van der Waals surface area contributed by atoms with Gasteiger partial charge in [-0.05, 0) is 54.6 Å². The van der Waals surface area contributed by atoms with Gasteiger partial charge in [-0.3, -0.25) is 4.79 Å². The largest absolute Gasteiger partial charge is 0.343 e. The van der Waals surface area contributed by atoms with Crippen molar-refractivity contribution >= 4 is 21.8 Å². The first-order valence-electron chi connectivity index (χ1n) is 6.91. The summed E-state index contributed by atoms with van der Waals surface area (Å²) in [5.41, 5.74) is 6.68. The summed E-state index contributed by atoms with van der Waals surface area (Å²) in [6.07, 6.45) is 6.01. The van der Waals surface area contributed by atoms with Gasteiger partial charge in [0.05, 0.1) is 0 Å². The molecule has 1 fully saturated rings. The lowest BCUT2D eigenvalue weighted by molar-refractivity contribution is 0.0679. The van der Waals surface area contributed by atoms with Gasteiger partial charge in [0.25, 0.3) is 5.91 Å². The molecule has 0 unspecified atom stereocenters. The van der Waals surface area contributed by atoms with Crippen LogP contribution in [0, 0.1) is 0 Å². The van der Waals surface area contributed by atoms with Crippen molar-refractivity contribution in [3.63, 3.8) is 0 Å². The Morgan fingerprint density at radius 3 is 2.68 bits per heavy atom. The number of hydrogen-bond acceptors (Lipinski definition) is 2. The molecule has 1 aromatic rings. The zero-order valence-electron chi connectivity index (χ0n) is 11.6. The van der Waals surface area contributed by atoms with Crippen LogP contribution < -0.4 is 5.73 Å². The summed E-state index contributed by atoms with van der Waals surface area (Å²) in [6.45, 7) is 2.85. The van der Waals surface area contributed by atoms with Crippen molar-refractivity contribution in [2.45, 2.75) is 51.2 Å². The zero-order chi connectivity index (χ0) is 14.0. The molecular formula is C14H22BrN3O. The molecule has 1 aliphatic rings. The molecule has 5 heteroatoms. The Labute approximate surface area is 123 Å². The first-order chi connectivity index (χ1) is 9.02. The molecule has 0 radical (unpaired) electrons. The normalized spacial score (nSPS) is 23.4. The summed E-state index contributed by atoms with van der Waals surface area (Å²) in [5.74, 6) is 0.105. The number of carbonyl (C=O) groups excluding carboxylic acids is 1. The van der Waals surface area contributed by atoms with Crippen LogP contribution in [0.15, 0.2) is 16.7 Å². The topological polar surface area (TPSA) is 51.3 Å². The third kappa shape index (κ3) is 3.20. The molecule has 2 N–H and O–H groups in total. The lowest BCUT2D eigenvalue weighted by Gasteiger charge is -2.33. The minimum Gasteiger partial charge on any atom is -0.343 e. The number of aromatic nitrogens is 1. The molecule has 4 nitrogen and oxygen atoms in total. The minimum atomic E-state index is 0.105. The van der Waals surface area contributed by atoms with Crippen LogP contribution in [0.2, 0.25) is 0 Å². The first-order valence-corrected chi connectivity index (χ1v) is 7.70. The molecule has 0 bridgehead atoms. The molecule has 1 heterocycles. The van der Waals surface area contributed by atoms with Gasteiger partial charge in [0.2, 0.25) is 0 Å². The van der Waals surface area contributed by atoms with Crippen molar-refractivity contribution in [3.8, 4) is 0 Å². The van der Waals surface area contributed by atoms with Gasteiger partial charge in [0.1, 0.15) is 5.69 Å². The smallest absolute Gasteiger partial charge is 0.270 e. The third-order valence-corrected chi connectivity index (χ3v) is 4.47. The molecule has 106 valence electrons. The summed E-state index contributed by atoms with van der Waals surface area (Å²) in [4.78, 5) is 14.5. The van der Waals surface area contributed by atoms with Gasteiger partial charge in [0, 0.05) is 36.3 Å². The van der Waals surface area contributed by atoms with Gasteiger partial charge in [-0.2, -0.15) is 0 Å². The van der Waals surface area contributed by atoms with E-state index in [1.807, 2.05) is 35.7 Å². The number of nitrogens with zero attached hydrogens (tertiary/aromatic N) is 2. The predicted octanol–water partition coefficient (Wildman–Crippen LogP) is 2.61. The molecule has 0 atom stereocenters. The molecule has 1 aliphatic carbocycles. The van der Waals surface area contributed by atoms with E-state index in [0.29, 0.717) is 12.1 Å². The van der Waals surface area contributed by atoms with E-state index in [9.17, 15) is 4.79 Å². The SMILES string of the molecule is CCn1cc(Br)cc1C(=O)N(C)C1CCC(N)CC1. The molecule has 2 rings (SSSR count). The van der Waals surface area contributed by atoms with E-state index in [2.05, 4.69) is 15.9 Å². The number of nitrogens with two attached hydrogens (primary N) is 1. The summed E-state index contributed by atoms with van der Waals surface area (Å²) >= 11 is 3.44. The number of aryl methyl sites for hydroxylation is 1. The van der Waals surface area contributed by atoms with Crippen LogP contribution >= 0.6 is 15.9 Å². The molecule has 1 amide bonds. The van der Waals surface area contributed by atoms with Crippen molar-refractivity contribution < 1.29 is 4.79 Å². The van der Waals surface area contributed by atoms with Crippen molar-refractivity contribution in [2.75, 3.05) is 7.05 Å². The lowest BCUT2D eigenvalue weighted by Crippen LogP contribution is -2.42. The Kier molecular flexibility index (Phi) is 4.68. The fraction of sp³-hybridized carbons (Fsp3) is 0.643. The summed E-state index contributed by atoms with van der Waals surface area (Å²) in [6, 6.07) is 2.54. The number of halogens is 1. The highest BCUT2D eigenvalue weighted by Gasteiger charge is 2.27. The van der Waals surface area contributed by atoms with E-state index in [0.717, 1.165) is 42.4 Å². The van der Waals surface area contributed by atoms with Gasteiger partial charge >= 0.3 is 0 Å². The number of amides is 1. The van der Waals surface area contributed by atoms with E-state index in [1.54, 1.807) is 0 Å². The Hall–Kier alpha value is -0.810. The van der Waals surface area contributed by atoms with Crippen LogP contribution in [-0.4, -0.2) is 34.5 Å². The van der Waals surface area contributed by atoms with Crippen molar-refractivity contribution in [3.05, 3.63) is 22.4 Å². The van der Waals surface area contributed by atoms with Gasteiger partial charge in [-0.1, -0.05) is 0 Å². The standard InChI is InChI=1S/C14H22BrN3O/c1-3-18-9-10(15)8-13(18)14(19)17(2)12-6-4-11(16)5-7-12/h8-9,11-12H,3-7,16H2,1-2H3. The third-order valence-electron chi connectivity index (χ3n) is 4.03. The second-order valence-corrected chi connectivity index (χ2v) is 6.23. The fourth-order valence-electron chi connectivity index (χ4n) is 2.75. The first kappa shape index (κ1) is 14.6. The molecule has 1 saturated carbocycles. The van der Waals surface area contributed by atoms with Crippen LogP contribution in [0.25, 0.3) is 0 Å². The van der Waals surface area contributed by atoms with E-state index < -0.39 is 0 Å². The Morgan fingerprint density at radius 2 is 2.11 bits per heavy atom. The average molecular weight is 328 g/mol. The molecule has 0 saturated heterocycles. The highest BCUT2D eigenvalue weighted by Crippen LogP contribution is 2.24. The van der Waals surface area contributed by atoms with Crippen LogP contribution in [0.5, 0.6) is 0 Å². The zero-order valence-corrected chi connectivity index (χ0v) is 13.2. The molecule has 1 aromatic heterocycles. The Bertz CT molecular complexity index is 450. The van der Waals surface area contributed by atoms with Crippen molar-refractivity contribution in [1.29, 1.82) is 0 Å². The second-order valence-electron chi connectivity index (χ2n) is 5.31.